The molecule has 1 amide bonds. The lowest BCUT2D eigenvalue weighted by atomic mass is 9.95. The third kappa shape index (κ3) is 2.41. The van der Waals surface area contributed by atoms with Crippen LogP contribution in [0.4, 0.5) is 0 Å². The maximum Gasteiger partial charge on any atom is 0.231 e. The van der Waals surface area contributed by atoms with Gasteiger partial charge in [-0.25, -0.2) is 0 Å². The highest BCUT2D eigenvalue weighted by Crippen LogP contribution is 2.31. The molecule has 0 radical (unpaired) electrons. The topological polar surface area (TPSA) is 46.3 Å². The minimum atomic E-state index is -0.205. The first-order chi connectivity index (χ1) is 8.56. The van der Waals surface area contributed by atoms with E-state index < -0.39 is 0 Å². The van der Waals surface area contributed by atoms with Gasteiger partial charge in [0.25, 0.3) is 0 Å². The van der Waals surface area contributed by atoms with E-state index in [9.17, 15) is 4.79 Å². The van der Waals surface area contributed by atoms with Crippen molar-refractivity contribution < 1.29 is 4.79 Å². The summed E-state index contributed by atoms with van der Waals surface area (Å²) in [5, 5.41) is 0. The fourth-order valence-electron chi connectivity index (χ4n) is 2.77. The molecule has 0 bridgehead atoms. The van der Waals surface area contributed by atoms with Gasteiger partial charge in [-0.15, -0.1) is 0 Å². The number of benzene rings is 1. The van der Waals surface area contributed by atoms with Crippen molar-refractivity contribution in [3.63, 3.8) is 0 Å². The second-order valence-corrected chi connectivity index (χ2v) is 5.60. The fraction of sp³-hybridized carbons (Fsp3) is 0.533. The van der Waals surface area contributed by atoms with Crippen molar-refractivity contribution in [1.29, 1.82) is 0 Å². The molecular formula is C15H22N2O. The van der Waals surface area contributed by atoms with Crippen LogP contribution >= 0.6 is 0 Å². The Hall–Kier alpha value is -1.35. The van der Waals surface area contributed by atoms with Gasteiger partial charge in [0.1, 0.15) is 0 Å². The highest BCUT2D eigenvalue weighted by Gasteiger charge is 2.38. The van der Waals surface area contributed by atoms with Crippen LogP contribution in [0.2, 0.25) is 0 Å². The van der Waals surface area contributed by atoms with E-state index >= 15 is 0 Å². The van der Waals surface area contributed by atoms with E-state index in [-0.39, 0.29) is 17.4 Å². The summed E-state index contributed by atoms with van der Waals surface area (Å²) < 4.78 is 0. The van der Waals surface area contributed by atoms with Crippen LogP contribution in [0.3, 0.4) is 0 Å². The molecule has 0 spiro atoms. The Labute approximate surface area is 109 Å². The molecule has 1 aromatic carbocycles. The van der Waals surface area contributed by atoms with Crippen LogP contribution in [-0.2, 0) is 4.79 Å². The van der Waals surface area contributed by atoms with Gasteiger partial charge in [-0.2, -0.15) is 0 Å². The first-order valence-corrected chi connectivity index (χ1v) is 6.63. The summed E-state index contributed by atoms with van der Waals surface area (Å²) in [5.74, 6) is -0.0326. The van der Waals surface area contributed by atoms with Crippen molar-refractivity contribution in [2.75, 3.05) is 13.1 Å². The number of amides is 1. The molecule has 1 aromatic rings. The van der Waals surface area contributed by atoms with E-state index in [1.54, 1.807) is 0 Å². The number of likely N-dealkylation sites (tertiary alicyclic amines) is 1. The maximum atomic E-state index is 12.6. The van der Waals surface area contributed by atoms with Gasteiger partial charge < -0.3 is 10.6 Å². The van der Waals surface area contributed by atoms with Crippen molar-refractivity contribution in [1.82, 2.24) is 4.90 Å². The minimum absolute atomic E-state index is 0.0285. The summed E-state index contributed by atoms with van der Waals surface area (Å²) >= 11 is 0. The van der Waals surface area contributed by atoms with Gasteiger partial charge in [0.15, 0.2) is 0 Å². The summed E-state index contributed by atoms with van der Waals surface area (Å²) in [6.07, 6.45) is 2.16. The zero-order valence-corrected chi connectivity index (χ0v) is 11.2. The first-order valence-electron chi connectivity index (χ1n) is 6.63. The predicted molar refractivity (Wildman–Crippen MR) is 73.3 cm³/mol. The van der Waals surface area contributed by atoms with Gasteiger partial charge in [-0.05, 0) is 32.3 Å². The third-order valence-electron chi connectivity index (χ3n) is 3.90. The van der Waals surface area contributed by atoms with Crippen LogP contribution in [0, 0.1) is 0 Å². The quantitative estimate of drug-likeness (QED) is 0.888. The van der Waals surface area contributed by atoms with Crippen LogP contribution in [0.5, 0.6) is 0 Å². The molecule has 1 heterocycles. The van der Waals surface area contributed by atoms with Crippen LogP contribution in [0.25, 0.3) is 0 Å². The molecule has 3 heteroatoms. The molecule has 1 atom stereocenters. The number of hydrogen-bond donors (Lipinski definition) is 1. The molecule has 1 aliphatic rings. The van der Waals surface area contributed by atoms with E-state index in [1.165, 1.54) is 0 Å². The Kier molecular flexibility index (Phi) is 3.71. The van der Waals surface area contributed by atoms with Crippen molar-refractivity contribution >= 4 is 5.91 Å². The maximum absolute atomic E-state index is 12.6. The van der Waals surface area contributed by atoms with Crippen LogP contribution in [0.1, 0.15) is 38.2 Å². The molecule has 1 aliphatic heterocycles. The normalized spacial score (nSPS) is 19.8. The van der Waals surface area contributed by atoms with Crippen LogP contribution < -0.4 is 5.73 Å². The highest BCUT2D eigenvalue weighted by molar-refractivity contribution is 5.85. The Balaban J connectivity index is 2.21. The molecule has 2 rings (SSSR count). The number of nitrogens with two attached hydrogens (primary N) is 1. The molecule has 98 valence electrons. The molecule has 1 fully saturated rings. The molecule has 1 unspecified atom stereocenters. The fourth-order valence-corrected chi connectivity index (χ4v) is 2.77. The zero-order valence-electron chi connectivity index (χ0n) is 11.2. The Morgan fingerprint density at radius 1 is 1.39 bits per heavy atom. The van der Waals surface area contributed by atoms with Gasteiger partial charge in [-0.1, -0.05) is 30.3 Å². The summed E-state index contributed by atoms with van der Waals surface area (Å²) in [7, 11) is 0. The standard InChI is InChI=1S/C15H22N2O/c1-15(2)9-6-10-17(15)14(18)13(11-16)12-7-4-3-5-8-12/h3-5,7-8,13H,6,9-11,16H2,1-2H3. The molecule has 3 nitrogen and oxygen atoms in total. The zero-order chi connectivity index (χ0) is 13.2. The van der Waals surface area contributed by atoms with Gasteiger partial charge in [0.05, 0.1) is 5.92 Å². The lowest BCUT2D eigenvalue weighted by Crippen LogP contribution is -2.46. The lowest BCUT2D eigenvalue weighted by molar-refractivity contribution is -0.135. The predicted octanol–water partition coefficient (Wildman–Crippen LogP) is 2.13. The van der Waals surface area contributed by atoms with Gasteiger partial charge in [0.2, 0.25) is 5.91 Å². The van der Waals surface area contributed by atoms with Crippen molar-refractivity contribution in [2.45, 2.75) is 38.1 Å². The Morgan fingerprint density at radius 3 is 2.56 bits per heavy atom. The van der Waals surface area contributed by atoms with Crippen LogP contribution in [0.15, 0.2) is 30.3 Å². The Bertz CT molecular complexity index is 414. The van der Waals surface area contributed by atoms with Crippen molar-refractivity contribution in [2.24, 2.45) is 5.73 Å². The molecule has 0 saturated carbocycles. The number of hydrogen-bond acceptors (Lipinski definition) is 2. The SMILES string of the molecule is CC1(C)CCCN1C(=O)C(CN)c1ccccc1. The van der Waals surface area contributed by atoms with Gasteiger partial charge >= 0.3 is 0 Å². The number of rotatable bonds is 3. The van der Waals surface area contributed by atoms with E-state index in [4.69, 9.17) is 5.73 Å². The molecular weight excluding hydrogens is 224 g/mol. The molecule has 1 saturated heterocycles. The van der Waals surface area contributed by atoms with E-state index in [0.717, 1.165) is 24.9 Å². The average molecular weight is 246 g/mol. The summed E-state index contributed by atoms with van der Waals surface area (Å²) in [6, 6.07) is 9.85. The van der Waals surface area contributed by atoms with Gasteiger partial charge in [-0.3, -0.25) is 4.79 Å². The summed E-state index contributed by atoms with van der Waals surface area (Å²) in [5.41, 5.74) is 6.81. The summed E-state index contributed by atoms with van der Waals surface area (Å²) in [6.45, 7) is 5.50. The number of carbonyl (C=O) groups is 1. The van der Waals surface area contributed by atoms with Crippen molar-refractivity contribution in [3.8, 4) is 0 Å². The molecule has 0 aliphatic carbocycles. The van der Waals surface area contributed by atoms with Crippen LogP contribution in [-0.4, -0.2) is 29.4 Å². The van der Waals surface area contributed by atoms with E-state index in [2.05, 4.69) is 13.8 Å². The average Bonchev–Trinajstić information content (AvgIpc) is 2.71. The lowest BCUT2D eigenvalue weighted by Gasteiger charge is -2.34. The third-order valence-corrected chi connectivity index (χ3v) is 3.90. The van der Waals surface area contributed by atoms with Gasteiger partial charge in [0, 0.05) is 18.6 Å². The number of nitrogens with zero attached hydrogens (tertiary/aromatic N) is 1. The summed E-state index contributed by atoms with van der Waals surface area (Å²) in [4.78, 5) is 14.6. The first kappa shape index (κ1) is 13.1. The number of carbonyl (C=O) groups excluding carboxylic acids is 1. The second kappa shape index (κ2) is 5.11. The van der Waals surface area contributed by atoms with E-state index in [1.807, 2.05) is 35.2 Å². The molecule has 0 aromatic heterocycles. The smallest absolute Gasteiger partial charge is 0.231 e. The second-order valence-electron chi connectivity index (χ2n) is 5.60. The molecule has 18 heavy (non-hydrogen) atoms. The monoisotopic (exact) mass is 246 g/mol. The van der Waals surface area contributed by atoms with Crippen molar-refractivity contribution in [3.05, 3.63) is 35.9 Å². The van der Waals surface area contributed by atoms with E-state index in [0.29, 0.717) is 6.54 Å². The minimum Gasteiger partial charge on any atom is -0.337 e. The highest BCUT2D eigenvalue weighted by atomic mass is 16.2. The Morgan fingerprint density at radius 2 is 2.06 bits per heavy atom. The molecule has 2 N–H and O–H groups in total. The largest absolute Gasteiger partial charge is 0.337 e.